The van der Waals surface area contributed by atoms with Crippen LogP contribution in [0.5, 0.6) is 0 Å². The fraction of sp³-hybridized carbons (Fsp3) is 0.545. The molecular weight excluding hydrogens is 448 g/mol. The van der Waals surface area contributed by atoms with Crippen molar-refractivity contribution in [2.45, 2.75) is 20.8 Å². The van der Waals surface area contributed by atoms with Gasteiger partial charge in [-0.25, -0.2) is 9.97 Å². The second kappa shape index (κ2) is 9.82. The molecule has 0 bridgehead atoms. The van der Waals surface area contributed by atoms with Crippen LogP contribution in [-0.4, -0.2) is 38.4 Å². The van der Waals surface area contributed by atoms with Crippen LogP contribution in [0.2, 0.25) is 0 Å². The van der Waals surface area contributed by atoms with Gasteiger partial charge in [0.2, 0.25) is 0 Å². The number of fused-ring (bicyclic) bond motifs is 1. The number of H-pyrrole nitrogens is 2. The van der Waals surface area contributed by atoms with Crippen LogP contribution in [0.3, 0.4) is 0 Å². The third kappa shape index (κ3) is 5.29. The number of rotatable bonds is 3. The van der Waals surface area contributed by atoms with Crippen molar-refractivity contribution in [3.63, 3.8) is 0 Å². The fourth-order valence-corrected chi connectivity index (χ4v) is 3.26. The van der Waals surface area contributed by atoms with Gasteiger partial charge in [-0.3, -0.25) is 4.98 Å². The van der Waals surface area contributed by atoms with E-state index in [1.807, 2.05) is 0 Å². The van der Waals surface area contributed by atoms with Gasteiger partial charge in [0.1, 0.15) is 0 Å². The number of thiol groups is 1. The van der Waals surface area contributed by atoms with E-state index in [9.17, 15) is 0 Å². The summed E-state index contributed by atoms with van der Waals surface area (Å²) in [6, 6.07) is 0. The number of imidazole rings is 1. The van der Waals surface area contributed by atoms with E-state index < -0.39 is 0 Å². The number of hydrogen-bond acceptors (Lipinski definition) is 2. The molecule has 2 aromatic heterocycles. The maximum absolute atomic E-state index is 4.14. The fourth-order valence-electron chi connectivity index (χ4n) is 1.54. The summed E-state index contributed by atoms with van der Waals surface area (Å²) in [6.45, 7) is 6.92. The monoisotopic (exact) mass is 469 g/mol. The van der Waals surface area contributed by atoms with E-state index in [1.165, 1.54) is 18.5 Å². The summed E-state index contributed by atoms with van der Waals surface area (Å²) in [7, 11) is 0.137. The van der Waals surface area contributed by atoms with Gasteiger partial charge in [-0.05, 0) is 28.7 Å². The Labute approximate surface area is 130 Å². The summed E-state index contributed by atoms with van der Waals surface area (Å²) >= 11 is 4.14. The third-order valence-corrected chi connectivity index (χ3v) is 6.08. The van der Waals surface area contributed by atoms with Gasteiger partial charge in [0, 0.05) is 22.4 Å². The van der Waals surface area contributed by atoms with Gasteiger partial charge in [0.25, 0.3) is 0 Å². The molecular formula is C11H21AuN4PS+2. The van der Waals surface area contributed by atoms with Gasteiger partial charge < -0.3 is 4.98 Å². The molecule has 2 rings (SSSR count). The van der Waals surface area contributed by atoms with Gasteiger partial charge in [0.15, 0.2) is 23.4 Å². The molecule has 0 saturated heterocycles. The Balaban J connectivity index is 0.000000326. The molecule has 1 radical (unpaired) electrons. The topological polar surface area (TPSA) is 57.4 Å². The molecule has 0 unspecified atom stereocenters. The minimum atomic E-state index is 0. The van der Waals surface area contributed by atoms with Crippen LogP contribution >= 0.6 is 7.92 Å². The first kappa shape index (κ1) is 17.9. The minimum absolute atomic E-state index is 0. The molecule has 0 aliphatic heterocycles. The van der Waals surface area contributed by atoms with Crippen molar-refractivity contribution in [3.05, 3.63) is 17.3 Å². The number of nitrogens with one attached hydrogen (secondary N) is 2. The zero-order valence-electron chi connectivity index (χ0n) is 10.9. The van der Waals surface area contributed by atoms with E-state index in [2.05, 4.69) is 52.9 Å². The second-order valence-electron chi connectivity index (χ2n) is 3.66. The summed E-state index contributed by atoms with van der Waals surface area (Å²) in [5, 5.41) is 0. The van der Waals surface area contributed by atoms with Crippen molar-refractivity contribution >= 4 is 31.3 Å². The van der Waals surface area contributed by atoms with Crippen LogP contribution in [0, 0.1) is 4.64 Å². The Morgan fingerprint density at radius 1 is 1.06 bits per heavy atom. The molecule has 0 aliphatic carbocycles. The predicted molar refractivity (Wildman–Crippen MR) is 80.2 cm³/mol. The predicted octanol–water partition coefficient (Wildman–Crippen LogP) is 2.35. The maximum Gasteiger partial charge on any atom is 0.323 e. The average molecular weight is 469 g/mol. The van der Waals surface area contributed by atoms with Gasteiger partial charge >= 0.3 is 4.64 Å². The molecule has 0 aromatic carbocycles. The molecule has 2 aromatic rings. The van der Waals surface area contributed by atoms with E-state index in [1.54, 1.807) is 12.7 Å². The smallest absolute Gasteiger partial charge is 0.323 e. The molecule has 2 N–H and O–H groups in total. The first-order valence-electron chi connectivity index (χ1n) is 5.95. The SMILES string of the molecule is CC[PH+](CC)CC.[Au].[SH+]=c1[nH]cnc2[nH]cnc12. The second-order valence-corrected chi connectivity index (χ2v) is 7.73. The largest absolute Gasteiger partial charge is 0.329 e. The summed E-state index contributed by atoms with van der Waals surface area (Å²) in [5.41, 5.74) is 1.52. The molecule has 2 heterocycles. The number of aromatic amines is 2. The average Bonchev–Trinajstić information content (AvgIpc) is 2.82. The van der Waals surface area contributed by atoms with Crippen LogP contribution < -0.4 is 0 Å². The van der Waals surface area contributed by atoms with Gasteiger partial charge in [-0.2, -0.15) is 0 Å². The Bertz CT molecular complexity index is 489. The van der Waals surface area contributed by atoms with Crippen LogP contribution in [0.15, 0.2) is 12.7 Å². The van der Waals surface area contributed by atoms with Crippen LogP contribution in [0.1, 0.15) is 20.8 Å². The molecule has 0 fully saturated rings. The van der Waals surface area contributed by atoms with Crippen molar-refractivity contribution in [2.75, 3.05) is 18.5 Å². The summed E-state index contributed by atoms with van der Waals surface area (Å²) in [4.78, 5) is 13.7. The van der Waals surface area contributed by atoms with Crippen molar-refractivity contribution in [1.29, 1.82) is 0 Å². The quantitative estimate of drug-likeness (QED) is 0.239. The molecule has 0 saturated carbocycles. The summed E-state index contributed by atoms with van der Waals surface area (Å²) < 4.78 is 0.728. The molecule has 0 amide bonds. The Morgan fingerprint density at radius 2 is 1.61 bits per heavy atom. The Morgan fingerprint density at radius 3 is 2.06 bits per heavy atom. The van der Waals surface area contributed by atoms with Crippen LogP contribution in [-0.2, 0) is 34.6 Å². The van der Waals surface area contributed by atoms with Crippen LogP contribution in [0.25, 0.3) is 11.2 Å². The zero-order valence-corrected chi connectivity index (χ0v) is 15.0. The van der Waals surface area contributed by atoms with Gasteiger partial charge in [0.05, 0.1) is 31.1 Å². The normalized spacial score (nSPS) is 9.78. The Kier molecular flexibility index (Phi) is 9.78. The Hall–Kier alpha value is -0.0597. The standard InChI is InChI=1S/C6H15P.C5H4N4S.Au/c1-4-7(5-2)6-3;10-5-3-4(7-1-6-3)8-2-9-5;/h4-6H2,1-3H3;1-2H,(H2,6,7,8,9,10);/p+2. The number of aromatic nitrogens is 4. The molecule has 0 atom stereocenters. The van der Waals surface area contributed by atoms with Gasteiger partial charge in [-0.15, -0.1) is 0 Å². The van der Waals surface area contributed by atoms with Gasteiger partial charge in [-0.1, -0.05) is 0 Å². The molecule has 0 spiro atoms. The summed E-state index contributed by atoms with van der Waals surface area (Å²) in [5.74, 6) is 0. The molecule has 105 valence electrons. The van der Waals surface area contributed by atoms with Crippen molar-refractivity contribution < 1.29 is 22.4 Å². The molecule has 4 nitrogen and oxygen atoms in total. The van der Waals surface area contributed by atoms with Crippen LogP contribution in [0.4, 0.5) is 0 Å². The van der Waals surface area contributed by atoms with Crippen molar-refractivity contribution in [3.8, 4) is 0 Å². The van der Waals surface area contributed by atoms with E-state index >= 15 is 0 Å². The summed E-state index contributed by atoms with van der Waals surface area (Å²) in [6.07, 6.45) is 7.53. The van der Waals surface area contributed by atoms with E-state index in [0.717, 1.165) is 15.8 Å². The molecule has 7 heteroatoms. The zero-order chi connectivity index (χ0) is 12.7. The molecule has 0 aliphatic rings. The third-order valence-electron chi connectivity index (χ3n) is 2.74. The molecule has 18 heavy (non-hydrogen) atoms. The van der Waals surface area contributed by atoms with E-state index in [4.69, 9.17) is 0 Å². The first-order valence-corrected chi connectivity index (χ1v) is 8.52. The van der Waals surface area contributed by atoms with E-state index in [0.29, 0.717) is 0 Å². The van der Waals surface area contributed by atoms with E-state index in [-0.39, 0.29) is 30.3 Å². The minimum Gasteiger partial charge on any atom is -0.329 e. The number of nitrogens with zero attached hydrogens (tertiary/aromatic N) is 2. The van der Waals surface area contributed by atoms with Crippen molar-refractivity contribution in [1.82, 2.24) is 19.9 Å². The van der Waals surface area contributed by atoms with Crippen molar-refractivity contribution in [2.24, 2.45) is 0 Å². The number of hydrogen-bond donors (Lipinski definition) is 2. The maximum atomic E-state index is 4.14. The first-order chi connectivity index (χ1) is 8.22.